The van der Waals surface area contributed by atoms with Crippen LogP contribution < -0.4 is 14.8 Å². The molecule has 4 heterocycles. The van der Waals surface area contributed by atoms with Crippen molar-refractivity contribution in [3.63, 3.8) is 0 Å². The lowest BCUT2D eigenvalue weighted by molar-refractivity contribution is 0.0733. The molecule has 3 aromatic rings. The monoisotopic (exact) mass is 420 g/mol. The maximum Gasteiger partial charge on any atom is 0.254 e. The summed E-state index contributed by atoms with van der Waals surface area (Å²) in [6.07, 6.45) is 4.33. The van der Waals surface area contributed by atoms with Crippen molar-refractivity contribution in [2.45, 2.75) is 32.9 Å². The van der Waals surface area contributed by atoms with Gasteiger partial charge in [0.05, 0.1) is 24.0 Å². The first-order chi connectivity index (χ1) is 15.0. The lowest BCUT2D eigenvalue weighted by Gasteiger charge is -2.30. The summed E-state index contributed by atoms with van der Waals surface area (Å²) in [7, 11) is 1.87. The largest absolute Gasteiger partial charge is 0.454 e. The first-order valence-electron chi connectivity index (χ1n) is 10.3. The molecule has 9 nitrogen and oxygen atoms in total. The van der Waals surface area contributed by atoms with Gasteiger partial charge in [0.1, 0.15) is 5.82 Å². The van der Waals surface area contributed by atoms with Gasteiger partial charge in [0.15, 0.2) is 17.3 Å². The van der Waals surface area contributed by atoms with Crippen LogP contribution in [0.2, 0.25) is 0 Å². The van der Waals surface area contributed by atoms with E-state index in [0.29, 0.717) is 42.4 Å². The number of rotatable bonds is 4. The third-order valence-corrected chi connectivity index (χ3v) is 5.36. The van der Waals surface area contributed by atoms with Crippen molar-refractivity contribution in [3.8, 4) is 22.9 Å². The van der Waals surface area contributed by atoms with Crippen molar-refractivity contribution in [2.75, 3.05) is 18.7 Å². The molecule has 5 rings (SSSR count). The first kappa shape index (κ1) is 19.3. The highest BCUT2D eigenvalue weighted by atomic mass is 16.7. The molecule has 0 saturated carbocycles. The molecule has 1 aromatic carbocycles. The van der Waals surface area contributed by atoms with Crippen LogP contribution in [0.4, 0.5) is 5.82 Å². The number of aryl methyl sites for hydroxylation is 1. The Labute approximate surface area is 180 Å². The highest BCUT2D eigenvalue weighted by Gasteiger charge is 2.28. The smallest absolute Gasteiger partial charge is 0.254 e. The van der Waals surface area contributed by atoms with E-state index >= 15 is 0 Å². The predicted octanol–water partition coefficient (Wildman–Crippen LogP) is 2.62. The molecule has 0 fully saturated rings. The summed E-state index contributed by atoms with van der Waals surface area (Å²) < 4.78 is 12.5. The van der Waals surface area contributed by atoms with Crippen LogP contribution in [0.3, 0.4) is 0 Å². The summed E-state index contributed by atoms with van der Waals surface area (Å²) in [5, 5.41) is 7.66. The molecule has 1 amide bonds. The fraction of sp³-hybridized carbons (Fsp3) is 0.364. The molecule has 160 valence electrons. The molecule has 2 aliphatic rings. The van der Waals surface area contributed by atoms with E-state index in [1.54, 1.807) is 29.1 Å². The number of hydrogen-bond donors (Lipinski definition) is 1. The van der Waals surface area contributed by atoms with E-state index in [1.807, 2.05) is 18.1 Å². The molecule has 0 aliphatic carbocycles. The van der Waals surface area contributed by atoms with Gasteiger partial charge >= 0.3 is 0 Å². The van der Waals surface area contributed by atoms with Crippen LogP contribution in [0, 0.1) is 0 Å². The maximum absolute atomic E-state index is 13.2. The molecule has 2 aliphatic heterocycles. The van der Waals surface area contributed by atoms with Crippen molar-refractivity contribution in [1.29, 1.82) is 0 Å². The van der Waals surface area contributed by atoms with Gasteiger partial charge in [0, 0.05) is 43.4 Å². The Hall–Kier alpha value is -3.62. The lowest BCUT2D eigenvalue weighted by Crippen LogP contribution is -2.37. The molecular weight excluding hydrogens is 396 g/mol. The molecule has 0 saturated heterocycles. The van der Waals surface area contributed by atoms with Crippen LogP contribution in [0.15, 0.2) is 30.6 Å². The summed E-state index contributed by atoms with van der Waals surface area (Å²) in [5.74, 6) is 2.64. The van der Waals surface area contributed by atoms with Gasteiger partial charge in [-0.25, -0.2) is 9.97 Å². The van der Waals surface area contributed by atoms with Crippen LogP contribution in [0.25, 0.3) is 11.4 Å². The highest BCUT2D eigenvalue weighted by molar-refractivity contribution is 5.95. The molecule has 2 aromatic heterocycles. The van der Waals surface area contributed by atoms with Crippen LogP contribution >= 0.6 is 0 Å². The second kappa shape index (κ2) is 7.57. The maximum atomic E-state index is 13.2. The first-order valence-corrected chi connectivity index (χ1v) is 10.3. The number of aromatic nitrogens is 4. The van der Waals surface area contributed by atoms with Gasteiger partial charge in [-0.05, 0) is 32.0 Å². The van der Waals surface area contributed by atoms with Crippen LogP contribution in [-0.4, -0.2) is 49.9 Å². The number of carbonyl (C=O) groups is 1. The van der Waals surface area contributed by atoms with Gasteiger partial charge in [-0.2, -0.15) is 5.10 Å². The minimum atomic E-state index is -0.0456. The van der Waals surface area contributed by atoms with E-state index in [1.165, 1.54) is 0 Å². The van der Waals surface area contributed by atoms with Crippen molar-refractivity contribution < 1.29 is 14.3 Å². The molecule has 9 heteroatoms. The fourth-order valence-electron chi connectivity index (χ4n) is 3.86. The third kappa shape index (κ3) is 3.67. The Morgan fingerprint density at radius 2 is 2.03 bits per heavy atom. The standard InChI is InChI=1S/C22H24N6O3/c1-13(2)24-21-16-11-28(22(29)14-4-5-18-19(8-14)31-12-30-18)7-6-17(16)25-20(26-21)15-9-23-27(3)10-15/h4-5,8-10,13H,6-7,11-12H2,1-3H3,(H,24,25,26). The Bertz CT molecular complexity index is 1160. The zero-order chi connectivity index (χ0) is 21.5. The summed E-state index contributed by atoms with van der Waals surface area (Å²) in [6.45, 7) is 5.36. The van der Waals surface area contributed by atoms with Crippen molar-refractivity contribution in [2.24, 2.45) is 7.05 Å². The van der Waals surface area contributed by atoms with Crippen molar-refractivity contribution >= 4 is 11.7 Å². The Kier molecular flexibility index (Phi) is 4.72. The van der Waals surface area contributed by atoms with Crippen molar-refractivity contribution in [1.82, 2.24) is 24.6 Å². The van der Waals surface area contributed by atoms with Gasteiger partial charge in [-0.1, -0.05) is 0 Å². The number of hydrogen-bond acceptors (Lipinski definition) is 7. The second-order valence-electron chi connectivity index (χ2n) is 8.07. The third-order valence-electron chi connectivity index (χ3n) is 5.36. The molecule has 0 unspecified atom stereocenters. The number of amides is 1. The van der Waals surface area contributed by atoms with Crippen molar-refractivity contribution in [3.05, 3.63) is 47.4 Å². The number of benzene rings is 1. The number of carbonyl (C=O) groups excluding carboxylic acids is 1. The average molecular weight is 420 g/mol. The Morgan fingerprint density at radius 3 is 2.81 bits per heavy atom. The summed E-state index contributed by atoms with van der Waals surface area (Å²) in [4.78, 5) is 24.6. The van der Waals surface area contributed by atoms with Crippen LogP contribution in [-0.2, 0) is 20.0 Å². The minimum Gasteiger partial charge on any atom is -0.454 e. The molecule has 0 atom stereocenters. The SMILES string of the molecule is CC(C)Nc1nc(-c2cnn(C)c2)nc2c1CN(C(=O)c1ccc3c(c1)OCO3)CC2. The number of anilines is 1. The van der Waals surface area contributed by atoms with Gasteiger partial charge in [0.2, 0.25) is 6.79 Å². The molecule has 0 bridgehead atoms. The molecule has 31 heavy (non-hydrogen) atoms. The number of nitrogens with zero attached hydrogens (tertiary/aromatic N) is 5. The van der Waals surface area contributed by atoms with E-state index in [4.69, 9.17) is 19.4 Å². The second-order valence-corrected chi connectivity index (χ2v) is 8.07. The zero-order valence-corrected chi connectivity index (χ0v) is 17.8. The summed E-state index contributed by atoms with van der Waals surface area (Å²) >= 11 is 0. The van der Waals surface area contributed by atoms with E-state index in [0.717, 1.165) is 22.6 Å². The zero-order valence-electron chi connectivity index (χ0n) is 17.8. The van der Waals surface area contributed by atoms with Gasteiger partial charge in [0.25, 0.3) is 5.91 Å². The predicted molar refractivity (Wildman–Crippen MR) is 114 cm³/mol. The minimum absolute atomic E-state index is 0.0456. The van der Waals surface area contributed by atoms with E-state index in [-0.39, 0.29) is 18.7 Å². The average Bonchev–Trinajstić information content (AvgIpc) is 3.40. The quantitative estimate of drug-likeness (QED) is 0.693. The number of nitrogens with one attached hydrogen (secondary N) is 1. The van der Waals surface area contributed by atoms with E-state index in [9.17, 15) is 4.79 Å². The van der Waals surface area contributed by atoms with Gasteiger partial charge in [-0.15, -0.1) is 0 Å². The topological polar surface area (TPSA) is 94.4 Å². The number of ether oxygens (including phenoxy) is 2. The molecule has 0 radical (unpaired) electrons. The van der Waals surface area contributed by atoms with Gasteiger partial charge < -0.3 is 19.7 Å². The highest BCUT2D eigenvalue weighted by Crippen LogP contribution is 2.34. The normalized spacial score (nSPS) is 14.6. The Morgan fingerprint density at radius 1 is 1.19 bits per heavy atom. The van der Waals surface area contributed by atoms with Gasteiger partial charge in [-0.3, -0.25) is 9.48 Å². The Balaban J connectivity index is 1.46. The lowest BCUT2D eigenvalue weighted by atomic mass is 10.0. The van der Waals surface area contributed by atoms with E-state index < -0.39 is 0 Å². The summed E-state index contributed by atoms with van der Waals surface area (Å²) in [6, 6.07) is 5.50. The molecule has 1 N–H and O–H groups in total. The van der Waals surface area contributed by atoms with E-state index in [2.05, 4.69) is 24.3 Å². The van der Waals surface area contributed by atoms with Crippen LogP contribution in [0.5, 0.6) is 11.5 Å². The fourth-order valence-corrected chi connectivity index (χ4v) is 3.86. The van der Waals surface area contributed by atoms with Crippen LogP contribution in [0.1, 0.15) is 35.5 Å². The summed E-state index contributed by atoms with van der Waals surface area (Å²) in [5.41, 5.74) is 3.38. The molecule has 0 spiro atoms. The number of fused-ring (bicyclic) bond motifs is 2. The molecular formula is C22H24N6O3.